The lowest BCUT2D eigenvalue weighted by Crippen LogP contribution is -2.02. The maximum atomic E-state index is 7.11. The summed E-state index contributed by atoms with van der Waals surface area (Å²) in [5.41, 5.74) is 8.07. The van der Waals surface area contributed by atoms with Crippen molar-refractivity contribution in [1.29, 1.82) is 0 Å². The standard InChI is InChI=1S/C10H11N5S/c1-4-6-5-13-15-8(11)7(12-2)10(16-3)14-9(6)15/h5H,4,11H2,1,3H3. The second-order valence-corrected chi connectivity index (χ2v) is 4.02. The molecule has 0 saturated heterocycles. The van der Waals surface area contributed by atoms with Crippen molar-refractivity contribution in [2.75, 3.05) is 12.0 Å². The van der Waals surface area contributed by atoms with Crippen LogP contribution in [0, 0.1) is 6.57 Å². The number of thioether (sulfide) groups is 1. The number of nitrogens with two attached hydrogens (primary N) is 1. The van der Waals surface area contributed by atoms with E-state index < -0.39 is 0 Å². The fraction of sp³-hybridized carbons (Fsp3) is 0.300. The van der Waals surface area contributed by atoms with Crippen molar-refractivity contribution in [1.82, 2.24) is 14.6 Å². The van der Waals surface area contributed by atoms with Crippen LogP contribution in [0.4, 0.5) is 11.5 Å². The van der Waals surface area contributed by atoms with E-state index >= 15 is 0 Å². The van der Waals surface area contributed by atoms with Crippen molar-refractivity contribution in [2.24, 2.45) is 0 Å². The Labute approximate surface area is 97.5 Å². The van der Waals surface area contributed by atoms with Crippen molar-refractivity contribution < 1.29 is 0 Å². The van der Waals surface area contributed by atoms with Crippen molar-refractivity contribution in [3.05, 3.63) is 23.2 Å². The van der Waals surface area contributed by atoms with Crippen LogP contribution in [0.3, 0.4) is 0 Å². The molecule has 0 aliphatic carbocycles. The Balaban J connectivity index is 2.85. The molecule has 0 fully saturated rings. The number of nitrogen functional groups attached to an aromatic ring is 1. The summed E-state index contributed by atoms with van der Waals surface area (Å²) in [6.45, 7) is 9.14. The second-order valence-electron chi connectivity index (χ2n) is 3.23. The lowest BCUT2D eigenvalue weighted by molar-refractivity contribution is 0.934. The first-order valence-corrected chi connectivity index (χ1v) is 6.02. The van der Waals surface area contributed by atoms with Gasteiger partial charge in [0.15, 0.2) is 5.65 Å². The number of fused-ring (bicyclic) bond motifs is 1. The highest BCUT2D eigenvalue weighted by atomic mass is 32.2. The van der Waals surface area contributed by atoms with Gasteiger partial charge in [-0.15, -0.1) is 11.8 Å². The van der Waals surface area contributed by atoms with Gasteiger partial charge in [-0.1, -0.05) is 6.92 Å². The lowest BCUT2D eigenvalue weighted by Gasteiger charge is -2.06. The number of hydrogen-bond acceptors (Lipinski definition) is 4. The molecule has 5 nitrogen and oxygen atoms in total. The zero-order valence-corrected chi connectivity index (χ0v) is 9.88. The van der Waals surface area contributed by atoms with Crippen LogP contribution in [0.15, 0.2) is 11.2 Å². The normalized spacial score (nSPS) is 10.6. The third-order valence-corrected chi connectivity index (χ3v) is 3.06. The Bertz CT molecular complexity index is 581. The third kappa shape index (κ3) is 1.41. The minimum absolute atomic E-state index is 0.365. The van der Waals surface area contributed by atoms with E-state index in [1.165, 1.54) is 16.3 Å². The first-order chi connectivity index (χ1) is 7.72. The molecule has 0 aliphatic heterocycles. The molecule has 0 spiro atoms. The van der Waals surface area contributed by atoms with Crippen LogP contribution in [0.25, 0.3) is 10.5 Å². The molecule has 2 heterocycles. The number of aryl methyl sites for hydroxylation is 1. The Morgan fingerprint density at radius 3 is 2.94 bits per heavy atom. The monoisotopic (exact) mass is 233 g/mol. The largest absolute Gasteiger partial charge is 0.392 e. The van der Waals surface area contributed by atoms with Crippen LogP contribution in [0.1, 0.15) is 12.5 Å². The molecule has 16 heavy (non-hydrogen) atoms. The van der Waals surface area contributed by atoms with E-state index in [1.807, 2.05) is 13.2 Å². The van der Waals surface area contributed by atoms with Crippen LogP contribution >= 0.6 is 11.8 Å². The highest BCUT2D eigenvalue weighted by Gasteiger charge is 2.15. The summed E-state index contributed by atoms with van der Waals surface area (Å²) in [6.07, 6.45) is 4.48. The molecular formula is C10H11N5S. The van der Waals surface area contributed by atoms with E-state index in [-0.39, 0.29) is 0 Å². The third-order valence-electron chi connectivity index (χ3n) is 2.38. The molecule has 6 heteroatoms. The fourth-order valence-corrected chi connectivity index (χ4v) is 2.05. The van der Waals surface area contributed by atoms with Crippen molar-refractivity contribution in [3.63, 3.8) is 0 Å². The number of anilines is 1. The molecular weight excluding hydrogens is 222 g/mol. The van der Waals surface area contributed by atoms with Crippen LogP contribution in [0.5, 0.6) is 0 Å². The molecule has 0 bridgehead atoms. The van der Waals surface area contributed by atoms with E-state index in [0.717, 1.165) is 17.6 Å². The van der Waals surface area contributed by atoms with E-state index in [4.69, 9.17) is 12.3 Å². The minimum atomic E-state index is 0.365. The molecule has 0 amide bonds. The SMILES string of the molecule is [C-]#[N+]c1c(SC)nc2c(CC)cnn2c1N. The van der Waals surface area contributed by atoms with E-state index in [1.54, 1.807) is 6.20 Å². The predicted octanol–water partition coefficient (Wildman–Crippen LogP) is 2.15. The molecule has 2 N–H and O–H groups in total. The van der Waals surface area contributed by atoms with Crippen molar-refractivity contribution >= 4 is 28.9 Å². The summed E-state index contributed by atoms with van der Waals surface area (Å²) < 4.78 is 1.53. The van der Waals surface area contributed by atoms with Gasteiger partial charge in [0, 0.05) is 5.56 Å². The van der Waals surface area contributed by atoms with Gasteiger partial charge in [0.25, 0.3) is 5.69 Å². The highest BCUT2D eigenvalue weighted by molar-refractivity contribution is 7.98. The molecule has 0 unspecified atom stereocenters. The first-order valence-electron chi connectivity index (χ1n) is 4.80. The summed E-state index contributed by atoms with van der Waals surface area (Å²) in [4.78, 5) is 7.83. The van der Waals surface area contributed by atoms with Gasteiger partial charge in [0.05, 0.1) is 12.8 Å². The van der Waals surface area contributed by atoms with Crippen LogP contribution in [-0.2, 0) is 6.42 Å². The summed E-state index contributed by atoms with van der Waals surface area (Å²) >= 11 is 1.43. The van der Waals surface area contributed by atoms with Gasteiger partial charge in [-0.25, -0.2) is 14.3 Å². The van der Waals surface area contributed by atoms with Gasteiger partial charge in [-0.05, 0) is 12.7 Å². The zero-order valence-electron chi connectivity index (χ0n) is 9.06. The minimum Gasteiger partial charge on any atom is -0.392 e. The Kier molecular flexibility index (Phi) is 2.71. The molecule has 0 aliphatic rings. The molecule has 2 aromatic rings. The summed E-state index contributed by atoms with van der Waals surface area (Å²) in [7, 11) is 0. The molecule has 0 radical (unpaired) electrons. The van der Waals surface area contributed by atoms with Crippen molar-refractivity contribution in [2.45, 2.75) is 18.4 Å². The van der Waals surface area contributed by atoms with Gasteiger partial charge >= 0.3 is 0 Å². The number of hydrogen-bond donors (Lipinski definition) is 1. The number of aromatic nitrogens is 3. The zero-order chi connectivity index (χ0) is 11.7. The van der Waals surface area contributed by atoms with Crippen LogP contribution < -0.4 is 5.73 Å². The van der Waals surface area contributed by atoms with Gasteiger partial charge in [-0.3, -0.25) is 0 Å². The molecule has 2 aromatic heterocycles. The second kappa shape index (κ2) is 4.02. The molecule has 0 aromatic carbocycles. The quantitative estimate of drug-likeness (QED) is 0.490. The predicted molar refractivity (Wildman–Crippen MR) is 64.8 cm³/mol. The lowest BCUT2D eigenvalue weighted by atomic mass is 10.3. The van der Waals surface area contributed by atoms with Gasteiger partial charge in [-0.2, -0.15) is 5.10 Å². The topological polar surface area (TPSA) is 60.6 Å². The van der Waals surface area contributed by atoms with Gasteiger partial charge < -0.3 is 5.73 Å². The van der Waals surface area contributed by atoms with Crippen molar-refractivity contribution in [3.8, 4) is 0 Å². The molecule has 82 valence electrons. The average Bonchev–Trinajstić information content (AvgIpc) is 2.71. The number of nitrogens with zero attached hydrogens (tertiary/aromatic N) is 4. The van der Waals surface area contributed by atoms with E-state index in [9.17, 15) is 0 Å². The summed E-state index contributed by atoms with van der Waals surface area (Å²) in [6, 6.07) is 0. The Hall–Kier alpha value is -1.74. The van der Waals surface area contributed by atoms with Gasteiger partial charge in [0.1, 0.15) is 10.8 Å². The van der Waals surface area contributed by atoms with E-state index in [0.29, 0.717) is 16.5 Å². The first kappa shape index (κ1) is 10.8. The highest BCUT2D eigenvalue weighted by Crippen LogP contribution is 2.33. The molecule has 0 saturated carbocycles. The molecule has 2 rings (SSSR count). The maximum absolute atomic E-state index is 7.11. The van der Waals surface area contributed by atoms with E-state index in [2.05, 4.69) is 14.9 Å². The number of rotatable bonds is 2. The Morgan fingerprint density at radius 1 is 1.62 bits per heavy atom. The average molecular weight is 233 g/mol. The maximum Gasteiger partial charge on any atom is 0.259 e. The summed E-state index contributed by atoms with van der Waals surface area (Å²) in [5, 5.41) is 4.81. The molecule has 0 atom stereocenters. The van der Waals surface area contributed by atoms with Crippen LogP contribution in [0.2, 0.25) is 0 Å². The smallest absolute Gasteiger partial charge is 0.259 e. The summed E-state index contributed by atoms with van der Waals surface area (Å²) in [5.74, 6) is 0.365. The fourth-order valence-electron chi connectivity index (χ4n) is 1.53. The van der Waals surface area contributed by atoms with Crippen LogP contribution in [-0.4, -0.2) is 20.9 Å². The Morgan fingerprint density at radius 2 is 2.38 bits per heavy atom. The van der Waals surface area contributed by atoms with Gasteiger partial charge in [0.2, 0.25) is 0 Å².